The minimum Gasteiger partial charge on any atom is -0.322 e. The third-order valence-corrected chi connectivity index (χ3v) is 3.21. The molecule has 0 radical (unpaired) electrons. The molecule has 0 aliphatic rings. The summed E-state index contributed by atoms with van der Waals surface area (Å²) >= 11 is 0. The molecule has 6 heteroatoms. The SMILES string of the molecule is CNCC(=O)Nc1cnn(-c2cc(C)ccc2C)c1C.Cl. The summed E-state index contributed by atoms with van der Waals surface area (Å²) in [7, 11) is 1.74. The summed E-state index contributed by atoms with van der Waals surface area (Å²) in [6.07, 6.45) is 1.69. The minimum atomic E-state index is -0.0730. The number of likely N-dealkylation sites (N-methyl/N-ethyl adjacent to an activating group) is 1. The molecule has 0 aliphatic heterocycles. The van der Waals surface area contributed by atoms with Gasteiger partial charge in [-0.3, -0.25) is 4.79 Å². The Labute approximate surface area is 131 Å². The van der Waals surface area contributed by atoms with E-state index < -0.39 is 0 Å². The number of aryl methyl sites for hydroxylation is 2. The Morgan fingerprint density at radius 2 is 2.00 bits per heavy atom. The molecule has 0 bridgehead atoms. The number of anilines is 1. The smallest absolute Gasteiger partial charge is 0.238 e. The van der Waals surface area contributed by atoms with Crippen molar-refractivity contribution < 1.29 is 4.79 Å². The quantitative estimate of drug-likeness (QED) is 0.911. The summed E-state index contributed by atoms with van der Waals surface area (Å²) in [5.41, 5.74) is 5.03. The predicted octanol–water partition coefficient (Wildman–Crippen LogP) is 2.38. The number of halogens is 1. The van der Waals surface area contributed by atoms with E-state index in [4.69, 9.17) is 0 Å². The lowest BCUT2D eigenvalue weighted by Crippen LogP contribution is -2.25. The van der Waals surface area contributed by atoms with E-state index in [0.29, 0.717) is 0 Å². The molecule has 1 heterocycles. The second kappa shape index (κ2) is 7.24. The van der Waals surface area contributed by atoms with E-state index >= 15 is 0 Å². The van der Waals surface area contributed by atoms with Crippen molar-refractivity contribution in [2.24, 2.45) is 0 Å². The van der Waals surface area contributed by atoms with E-state index in [1.807, 2.05) is 11.6 Å². The zero-order chi connectivity index (χ0) is 14.7. The summed E-state index contributed by atoms with van der Waals surface area (Å²) in [4.78, 5) is 11.6. The van der Waals surface area contributed by atoms with Crippen LogP contribution >= 0.6 is 12.4 Å². The highest BCUT2D eigenvalue weighted by molar-refractivity contribution is 5.92. The van der Waals surface area contributed by atoms with Crippen LogP contribution in [0.2, 0.25) is 0 Å². The van der Waals surface area contributed by atoms with Gasteiger partial charge in [-0.2, -0.15) is 5.10 Å². The van der Waals surface area contributed by atoms with Gasteiger partial charge >= 0.3 is 0 Å². The molecule has 114 valence electrons. The largest absolute Gasteiger partial charge is 0.322 e. The molecule has 1 aromatic carbocycles. The van der Waals surface area contributed by atoms with Gasteiger partial charge in [-0.25, -0.2) is 4.68 Å². The van der Waals surface area contributed by atoms with Crippen molar-refractivity contribution in [1.82, 2.24) is 15.1 Å². The van der Waals surface area contributed by atoms with E-state index in [9.17, 15) is 4.79 Å². The topological polar surface area (TPSA) is 59.0 Å². The summed E-state index contributed by atoms with van der Waals surface area (Å²) in [6, 6.07) is 6.24. The lowest BCUT2D eigenvalue weighted by Gasteiger charge is -2.10. The van der Waals surface area contributed by atoms with Crippen molar-refractivity contribution in [2.75, 3.05) is 18.9 Å². The summed E-state index contributed by atoms with van der Waals surface area (Å²) in [6.45, 7) is 6.34. The van der Waals surface area contributed by atoms with Gasteiger partial charge in [0, 0.05) is 0 Å². The van der Waals surface area contributed by atoms with Gasteiger partial charge in [0.1, 0.15) is 0 Å². The maximum absolute atomic E-state index is 11.6. The number of benzene rings is 1. The zero-order valence-electron chi connectivity index (χ0n) is 12.7. The van der Waals surface area contributed by atoms with E-state index in [0.717, 1.165) is 22.6 Å². The van der Waals surface area contributed by atoms with Gasteiger partial charge in [0.25, 0.3) is 0 Å². The number of rotatable bonds is 4. The number of aromatic nitrogens is 2. The third-order valence-electron chi connectivity index (χ3n) is 3.21. The van der Waals surface area contributed by atoms with Gasteiger partial charge in [-0.1, -0.05) is 12.1 Å². The van der Waals surface area contributed by atoms with Crippen molar-refractivity contribution in [3.8, 4) is 5.69 Å². The first kappa shape index (κ1) is 17.2. The molecule has 2 N–H and O–H groups in total. The van der Waals surface area contributed by atoms with Crippen LogP contribution in [-0.4, -0.2) is 29.3 Å². The van der Waals surface area contributed by atoms with E-state index in [1.54, 1.807) is 13.2 Å². The Bertz CT molecular complexity index is 637. The Morgan fingerprint density at radius 3 is 2.67 bits per heavy atom. The highest BCUT2D eigenvalue weighted by Gasteiger charge is 2.12. The molecular formula is C15H21ClN4O. The molecule has 0 unspecified atom stereocenters. The Hall–Kier alpha value is -1.85. The van der Waals surface area contributed by atoms with Gasteiger partial charge in [-0.05, 0) is 45.0 Å². The van der Waals surface area contributed by atoms with Crippen molar-refractivity contribution >= 4 is 24.0 Å². The van der Waals surface area contributed by atoms with Gasteiger partial charge in [0.05, 0.1) is 29.8 Å². The molecule has 21 heavy (non-hydrogen) atoms. The Balaban J connectivity index is 0.00000220. The fraction of sp³-hybridized carbons (Fsp3) is 0.333. The molecule has 0 aliphatic carbocycles. The zero-order valence-corrected chi connectivity index (χ0v) is 13.5. The molecule has 2 aromatic rings. The third kappa shape index (κ3) is 3.83. The van der Waals surface area contributed by atoms with Crippen molar-refractivity contribution in [1.29, 1.82) is 0 Å². The second-order valence-corrected chi connectivity index (χ2v) is 4.92. The fourth-order valence-corrected chi connectivity index (χ4v) is 2.08. The van der Waals surface area contributed by atoms with E-state index in [1.165, 1.54) is 5.56 Å². The molecule has 0 saturated carbocycles. The Kier molecular flexibility index (Phi) is 5.93. The van der Waals surface area contributed by atoms with Crippen LogP contribution in [0.5, 0.6) is 0 Å². The number of nitrogens with one attached hydrogen (secondary N) is 2. The van der Waals surface area contributed by atoms with Crippen LogP contribution in [-0.2, 0) is 4.79 Å². The molecule has 0 fully saturated rings. The first-order valence-corrected chi connectivity index (χ1v) is 6.59. The van der Waals surface area contributed by atoms with Crippen LogP contribution in [0.3, 0.4) is 0 Å². The lowest BCUT2D eigenvalue weighted by molar-refractivity contribution is -0.115. The first-order chi connectivity index (χ1) is 9.52. The number of carbonyl (C=O) groups excluding carboxylic acids is 1. The van der Waals surface area contributed by atoms with Crippen molar-refractivity contribution in [3.63, 3.8) is 0 Å². The first-order valence-electron chi connectivity index (χ1n) is 6.59. The van der Waals surface area contributed by atoms with Crippen LogP contribution < -0.4 is 10.6 Å². The van der Waals surface area contributed by atoms with Crippen LogP contribution in [0.25, 0.3) is 5.69 Å². The van der Waals surface area contributed by atoms with Crippen LogP contribution in [0.1, 0.15) is 16.8 Å². The highest BCUT2D eigenvalue weighted by atomic mass is 35.5. The summed E-state index contributed by atoms with van der Waals surface area (Å²) in [5.74, 6) is -0.0730. The second-order valence-electron chi connectivity index (χ2n) is 4.92. The van der Waals surface area contributed by atoms with E-state index in [2.05, 4.69) is 47.8 Å². The molecule has 2 rings (SSSR count). The van der Waals surface area contributed by atoms with Gasteiger partial charge < -0.3 is 10.6 Å². The van der Waals surface area contributed by atoms with Gasteiger partial charge in [0.2, 0.25) is 5.91 Å². The highest BCUT2D eigenvalue weighted by Crippen LogP contribution is 2.21. The number of hydrogen-bond acceptors (Lipinski definition) is 3. The molecule has 0 saturated heterocycles. The summed E-state index contributed by atoms with van der Waals surface area (Å²) in [5, 5.41) is 10.1. The average molecular weight is 309 g/mol. The maximum atomic E-state index is 11.6. The molecule has 1 amide bonds. The van der Waals surface area contributed by atoms with Gasteiger partial charge in [0.15, 0.2) is 0 Å². The fourth-order valence-electron chi connectivity index (χ4n) is 2.08. The van der Waals surface area contributed by atoms with Crippen LogP contribution in [0, 0.1) is 20.8 Å². The maximum Gasteiger partial charge on any atom is 0.238 e. The van der Waals surface area contributed by atoms with Crippen molar-refractivity contribution in [2.45, 2.75) is 20.8 Å². The summed E-state index contributed by atoms with van der Waals surface area (Å²) < 4.78 is 1.86. The minimum absolute atomic E-state index is 0. The molecule has 0 spiro atoms. The number of carbonyl (C=O) groups is 1. The van der Waals surface area contributed by atoms with Gasteiger partial charge in [-0.15, -0.1) is 12.4 Å². The Morgan fingerprint density at radius 1 is 1.29 bits per heavy atom. The molecule has 0 atom stereocenters. The van der Waals surface area contributed by atoms with Crippen LogP contribution in [0.15, 0.2) is 24.4 Å². The van der Waals surface area contributed by atoms with Crippen LogP contribution in [0.4, 0.5) is 5.69 Å². The predicted molar refractivity (Wildman–Crippen MR) is 87.6 cm³/mol. The normalized spacial score (nSPS) is 10.1. The average Bonchev–Trinajstić information content (AvgIpc) is 2.74. The number of amides is 1. The molecule has 5 nitrogen and oxygen atoms in total. The lowest BCUT2D eigenvalue weighted by atomic mass is 10.1. The van der Waals surface area contributed by atoms with E-state index in [-0.39, 0.29) is 24.9 Å². The molecular weight excluding hydrogens is 288 g/mol. The monoisotopic (exact) mass is 308 g/mol. The number of nitrogens with zero attached hydrogens (tertiary/aromatic N) is 2. The van der Waals surface area contributed by atoms with Crippen molar-refractivity contribution in [3.05, 3.63) is 41.2 Å². The standard InChI is InChI=1S/C15H20N4O.ClH/c1-10-5-6-11(2)14(7-10)19-12(3)13(8-17-19)18-15(20)9-16-4;/h5-8,16H,9H2,1-4H3,(H,18,20);1H. The number of hydrogen-bond donors (Lipinski definition) is 2. The molecule has 1 aromatic heterocycles.